The van der Waals surface area contributed by atoms with E-state index in [2.05, 4.69) is 63.8 Å². The minimum Gasteiger partial charge on any atom is -0.360 e. The summed E-state index contributed by atoms with van der Waals surface area (Å²) in [6, 6.07) is 26.0. The molecule has 3 aliphatic rings. The number of aromatic nitrogens is 1. The van der Waals surface area contributed by atoms with Crippen LogP contribution in [0.1, 0.15) is 46.6 Å². The van der Waals surface area contributed by atoms with Crippen molar-refractivity contribution in [1.29, 1.82) is 0 Å². The molecule has 178 valence electrons. The van der Waals surface area contributed by atoms with Crippen LogP contribution in [0.2, 0.25) is 0 Å². The standard InChI is InChI=1S/C24H23N.C9H8N2/c1-2-8-20-18(6-1)10-11-24-22-9-3-7-19(21(22)12-13-23(20)24)15-17-5-4-14-25-16-17;1-2-5-9-8(4-1)10-6-3-7-11-9/h1-2,4-6,8,12-14,16,19H,3,7,9-11,15H2;1-7,10H. The number of anilines is 1. The maximum Gasteiger partial charge on any atom is 0.0864 e. The van der Waals surface area contributed by atoms with Crippen LogP contribution in [0.3, 0.4) is 0 Å². The molecule has 1 atom stereocenters. The van der Waals surface area contributed by atoms with Gasteiger partial charge >= 0.3 is 0 Å². The second kappa shape index (κ2) is 10.3. The third-order valence-electron chi connectivity index (χ3n) is 7.58. The van der Waals surface area contributed by atoms with Crippen LogP contribution in [0.5, 0.6) is 0 Å². The average molecular weight is 470 g/mol. The first-order chi connectivity index (χ1) is 17.9. The van der Waals surface area contributed by atoms with Gasteiger partial charge < -0.3 is 5.32 Å². The number of allylic oxidation sites excluding steroid dienone is 1. The Kier molecular flexibility index (Phi) is 6.45. The Labute approximate surface area is 213 Å². The number of aryl methyl sites for hydroxylation is 1. The van der Waals surface area contributed by atoms with E-state index in [1.54, 1.807) is 22.9 Å². The molecule has 0 saturated carbocycles. The van der Waals surface area contributed by atoms with Gasteiger partial charge in [-0.25, -0.2) is 0 Å². The van der Waals surface area contributed by atoms with Crippen LogP contribution >= 0.6 is 0 Å². The summed E-state index contributed by atoms with van der Waals surface area (Å²) in [5, 5.41) is 3.12. The average Bonchev–Trinajstić information content (AvgIpc) is 3.19. The molecular formula is C33H31N3. The van der Waals surface area contributed by atoms with Crippen molar-refractivity contribution in [3.05, 3.63) is 125 Å². The molecule has 36 heavy (non-hydrogen) atoms. The predicted molar refractivity (Wildman–Crippen MR) is 150 cm³/mol. The zero-order valence-corrected chi connectivity index (χ0v) is 20.5. The normalized spacial score (nSPS) is 16.7. The summed E-state index contributed by atoms with van der Waals surface area (Å²) < 4.78 is 0. The summed E-state index contributed by atoms with van der Waals surface area (Å²) in [6.07, 6.45) is 16.8. The molecule has 1 N–H and O–H groups in total. The van der Waals surface area contributed by atoms with Crippen molar-refractivity contribution >= 4 is 17.6 Å². The fourth-order valence-corrected chi connectivity index (χ4v) is 5.90. The minimum absolute atomic E-state index is 0.649. The highest BCUT2D eigenvalue weighted by molar-refractivity contribution is 5.81. The second-order valence-electron chi connectivity index (χ2n) is 9.77. The fraction of sp³-hybridized carbons (Fsp3) is 0.212. The number of nitrogens with zero attached hydrogens (tertiary/aromatic N) is 2. The number of rotatable bonds is 2. The van der Waals surface area contributed by atoms with Gasteiger partial charge in [0.15, 0.2) is 0 Å². The Balaban J connectivity index is 0.000000183. The van der Waals surface area contributed by atoms with Gasteiger partial charge in [-0.05, 0) is 108 Å². The van der Waals surface area contributed by atoms with Gasteiger partial charge in [-0.3, -0.25) is 9.98 Å². The highest BCUT2D eigenvalue weighted by Gasteiger charge is 2.26. The van der Waals surface area contributed by atoms with Crippen molar-refractivity contribution < 1.29 is 0 Å². The van der Waals surface area contributed by atoms with Crippen LogP contribution in [-0.2, 0) is 25.7 Å². The van der Waals surface area contributed by atoms with Crippen LogP contribution < -0.4 is 5.32 Å². The van der Waals surface area contributed by atoms with Crippen LogP contribution in [0.25, 0.3) is 11.1 Å². The number of hydrogen-bond donors (Lipinski definition) is 1. The molecule has 0 amide bonds. The van der Waals surface area contributed by atoms with Gasteiger partial charge in [0.05, 0.1) is 11.4 Å². The molecule has 0 radical (unpaired) electrons. The van der Waals surface area contributed by atoms with Crippen molar-refractivity contribution in [3.8, 4) is 11.1 Å². The van der Waals surface area contributed by atoms with Crippen molar-refractivity contribution in [2.75, 3.05) is 5.32 Å². The molecule has 7 rings (SSSR count). The minimum atomic E-state index is 0.649. The summed E-state index contributed by atoms with van der Waals surface area (Å²) >= 11 is 0. The Bertz CT molecular complexity index is 1420. The van der Waals surface area contributed by atoms with Gasteiger partial charge in [0.1, 0.15) is 0 Å². The third-order valence-corrected chi connectivity index (χ3v) is 7.58. The summed E-state index contributed by atoms with van der Waals surface area (Å²) in [4.78, 5) is 8.51. The Morgan fingerprint density at radius 3 is 2.67 bits per heavy atom. The van der Waals surface area contributed by atoms with E-state index in [9.17, 15) is 0 Å². The van der Waals surface area contributed by atoms with E-state index in [1.165, 1.54) is 54.4 Å². The maximum atomic E-state index is 4.30. The van der Waals surface area contributed by atoms with Crippen molar-refractivity contribution in [1.82, 2.24) is 4.98 Å². The van der Waals surface area contributed by atoms with E-state index in [0.717, 1.165) is 17.8 Å². The summed E-state index contributed by atoms with van der Waals surface area (Å²) in [6.45, 7) is 0. The van der Waals surface area contributed by atoms with Gasteiger partial charge in [-0.2, -0.15) is 0 Å². The fourth-order valence-electron chi connectivity index (χ4n) is 5.90. The Morgan fingerprint density at radius 2 is 1.72 bits per heavy atom. The van der Waals surface area contributed by atoms with E-state index < -0.39 is 0 Å². The van der Waals surface area contributed by atoms with Crippen LogP contribution in [-0.4, -0.2) is 11.2 Å². The maximum absolute atomic E-state index is 4.30. The predicted octanol–water partition coefficient (Wildman–Crippen LogP) is 7.84. The van der Waals surface area contributed by atoms with Crippen molar-refractivity contribution in [2.24, 2.45) is 4.99 Å². The molecule has 1 unspecified atom stereocenters. The lowest BCUT2D eigenvalue weighted by Gasteiger charge is -2.31. The second-order valence-corrected chi connectivity index (χ2v) is 9.77. The number of fused-ring (bicyclic) bond motifs is 6. The molecular weight excluding hydrogens is 438 g/mol. The van der Waals surface area contributed by atoms with Gasteiger partial charge in [0.25, 0.3) is 0 Å². The topological polar surface area (TPSA) is 37.3 Å². The summed E-state index contributed by atoms with van der Waals surface area (Å²) in [7, 11) is 0. The molecule has 0 saturated heterocycles. The van der Waals surface area contributed by atoms with E-state index in [4.69, 9.17) is 0 Å². The molecule has 0 fully saturated rings. The molecule has 3 heteroatoms. The van der Waals surface area contributed by atoms with E-state index >= 15 is 0 Å². The SMILES string of the molecule is C1=CNc2ccccc2N=C1.c1cncc(CC2CCCc3c2ccc2c3CCc3ccccc3-2)c1. The Morgan fingerprint density at radius 1 is 0.806 bits per heavy atom. The third kappa shape index (κ3) is 4.61. The molecule has 0 bridgehead atoms. The lowest BCUT2D eigenvalue weighted by molar-refractivity contribution is 0.546. The lowest BCUT2D eigenvalue weighted by atomic mass is 9.73. The lowest BCUT2D eigenvalue weighted by Crippen LogP contribution is -2.17. The van der Waals surface area contributed by atoms with Crippen LogP contribution in [0.15, 0.2) is 102 Å². The number of nitrogens with one attached hydrogen (secondary N) is 1. The van der Waals surface area contributed by atoms with E-state index in [1.807, 2.05) is 48.9 Å². The van der Waals surface area contributed by atoms with E-state index in [-0.39, 0.29) is 0 Å². The number of aliphatic imine (C=N–C) groups is 1. The first kappa shape index (κ1) is 22.5. The first-order valence-corrected chi connectivity index (χ1v) is 13.0. The molecule has 2 aliphatic carbocycles. The number of para-hydroxylation sites is 2. The van der Waals surface area contributed by atoms with Gasteiger partial charge in [0, 0.05) is 24.8 Å². The molecule has 0 spiro atoms. The Hall–Kier alpha value is -3.98. The molecule has 3 nitrogen and oxygen atoms in total. The smallest absolute Gasteiger partial charge is 0.0864 e. The van der Waals surface area contributed by atoms with Crippen molar-refractivity contribution in [2.45, 2.75) is 44.4 Å². The highest BCUT2D eigenvalue weighted by atomic mass is 14.9. The highest BCUT2D eigenvalue weighted by Crippen LogP contribution is 2.42. The van der Waals surface area contributed by atoms with Gasteiger partial charge in [-0.1, -0.05) is 54.6 Å². The molecule has 4 aromatic rings. The number of pyridine rings is 1. The van der Waals surface area contributed by atoms with Gasteiger partial charge in [0.2, 0.25) is 0 Å². The van der Waals surface area contributed by atoms with E-state index in [0.29, 0.717) is 5.92 Å². The zero-order valence-electron chi connectivity index (χ0n) is 20.5. The quantitative estimate of drug-likeness (QED) is 0.325. The number of benzene rings is 3. The summed E-state index contributed by atoms with van der Waals surface area (Å²) in [5.41, 5.74) is 12.8. The molecule has 2 heterocycles. The molecule has 3 aromatic carbocycles. The monoisotopic (exact) mass is 469 g/mol. The summed E-state index contributed by atoms with van der Waals surface area (Å²) in [5.74, 6) is 0.649. The first-order valence-electron chi connectivity index (χ1n) is 13.0. The van der Waals surface area contributed by atoms with Crippen LogP contribution in [0.4, 0.5) is 11.4 Å². The zero-order chi connectivity index (χ0) is 24.2. The molecule has 1 aliphatic heterocycles. The molecule has 1 aromatic heterocycles. The van der Waals surface area contributed by atoms with Crippen LogP contribution in [0, 0.1) is 0 Å². The number of hydrogen-bond acceptors (Lipinski definition) is 3. The largest absolute Gasteiger partial charge is 0.360 e. The van der Waals surface area contributed by atoms with Crippen molar-refractivity contribution in [3.63, 3.8) is 0 Å². The van der Waals surface area contributed by atoms with Gasteiger partial charge in [-0.15, -0.1) is 0 Å².